The lowest BCUT2D eigenvalue weighted by molar-refractivity contribution is -0.137. The molecule has 0 saturated carbocycles. The number of halogens is 4. The van der Waals surface area contributed by atoms with Crippen molar-refractivity contribution in [1.82, 2.24) is 15.4 Å². The molecule has 0 unspecified atom stereocenters. The molecule has 0 bridgehead atoms. The average Bonchev–Trinajstić information content (AvgIpc) is 3.23. The van der Waals surface area contributed by atoms with Crippen molar-refractivity contribution in [2.24, 2.45) is 5.10 Å². The van der Waals surface area contributed by atoms with E-state index in [4.69, 9.17) is 11.6 Å². The topological polar surface area (TPSA) is 96.3 Å². The van der Waals surface area contributed by atoms with E-state index in [2.05, 4.69) is 25.8 Å². The molecule has 1 aromatic carbocycles. The van der Waals surface area contributed by atoms with Gasteiger partial charge in [-0.25, -0.2) is 15.4 Å². The molecule has 3 aromatic rings. The SMILES string of the molecule is C/C(=N\NC(=O)c1ccccc1)c1ncc(C(=O)Nc2cc(C(F)(F)F)c(Cl)cn2)s1. The fourth-order valence-electron chi connectivity index (χ4n) is 2.29. The number of rotatable bonds is 5. The Hall–Kier alpha value is -3.31. The summed E-state index contributed by atoms with van der Waals surface area (Å²) < 4.78 is 38.8. The van der Waals surface area contributed by atoms with Crippen LogP contribution in [-0.4, -0.2) is 27.5 Å². The van der Waals surface area contributed by atoms with Gasteiger partial charge in [-0.2, -0.15) is 18.3 Å². The lowest BCUT2D eigenvalue weighted by Gasteiger charge is -2.10. The summed E-state index contributed by atoms with van der Waals surface area (Å²) >= 11 is 6.46. The predicted molar refractivity (Wildman–Crippen MR) is 110 cm³/mol. The number of thiazole rings is 1. The second-order valence-electron chi connectivity index (χ2n) is 6.04. The van der Waals surface area contributed by atoms with E-state index < -0.39 is 28.6 Å². The molecule has 0 aliphatic heterocycles. The van der Waals surface area contributed by atoms with Crippen molar-refractivity contribution < 1.29 is 22.8 Å². The highest BCUT2D eigenvalue weighted by Gasteiger charge is 2.34. The van der Waals surface area contributed by atoms with Crippen LogP contribution >= 0.6 is 22.9 Å². The minimum Gasteiger partial charge on any atom is -0.306 e. The number of hydrogen-bond donors (Lipinski definition) is 2. The van der Waals surface area contributed by atoms with E-state index >= 15 is 0 Å². The van der Waals surface area contributed by atoms with Crippen molar-refractivity contribution in [1.29, 1.82) is 0 Å². The molecular formula is C19H13ClF3N5O2S. The molecule has 0 radical (unpaired) electrons. The molecule has 0 atom stereocenters. The third kappa shape index (κ3) is 5.64. The number of aromatic nitrogens is 2. The highest BCUT2D eigenvalue weighted by molar-refractivity contribution is 7.15. The van der Waals surface area contributed by atoms with E-state index in [0.29, 0.717) is 22.3 Å². The maximum atomic E-state index is 12.9. The Balaban J connectivity index is 1.69. The number of nitrogens with zero attached hydrogens (tertiary/aromatic N) is 3. The maximum absolute atomic E-state index is 12.9. The number of anilines is 1. The largest absolute Gasteiger partial charge is 0.418 e. The number of benzene rings is 1. The predicted octanol–water partition coefficient (Wildman–Crippen LogP) is 4.62. The van der Waals surface area contributed by atoms with Gasteiger partial charge >= 0.3 is 6.18 Å². The number of amides is 2. The fourth-order valence-corrected chi connectivity index (χ4v) is 3.25. The standard InChI is InChI=1S/C19H13ClF3N5O2S/c1-10(27-28-16(29)11-5-3-2-4-6-11)18-25-9-14(31-18)17(30)26-15-7-12(19(21,22)23)13(20)8-24-15/h2-9H,1H3,(H,28,29)(H,24,26,30)/b27-10+. The average molecular weight is 468 g/mol. The van der Waals surface area contributed by atoms with Gasteiger partial charge < -0.3 is 5.32 Å². The van der Waals surface area contributed by atoms with Crippen LogP contribution in [0.1, 0.15) is 37.5 Å². The van der Waals surface area contributed by atoms with E-state index in [1.54, 1.807) is 37.3 Å². The third-order valence-electron chi connectivity index (χ3n) is 3.80. The van der Waals surface area contributed by atoms with Crippen LogP contribution in [0.3, 0.4) is 0 Å². The zero-order valence-electron chi connectivity index (χ0n) is 15.7. The monoisotopic (exact) mass is 467 g/mol. The van der Waals surface area contributed by atoms with Crippen LogP contribution in [0.5, 0.6) is 0 Å². The van der Waals surface area contributed by atoms with Crippen LogP contribution in [-0.2, 0) is 6.18 Å². The Morgan fingerprint density at radius 3 is 2.48 bits per heavy atom. The molecule has 0 spiro atoms. The Labute approximate surface area is 183 Å². The molecule has 7 nitrogen and oxygen atoms in total. The number of pyridine rings is 1. The van der Waals surface area contributed by atoms with E-state index in [0.717, 1.165) is 17.5 Å². The van der Waals surface area contributed by atoms with Crippen molar-refractivity contribution in [3.8, 4) is 0 Å². The molecule has 160 valence electrons. The molecule has 31 heavy (non-hydrogen) atoms. The summed E-state index contributed by atoms with van der Waals surface area (Å²) in [6, 6.07) is 9.10. The molecule has 2 heterocycles. The number of hydrogen-bond acceptors (Lipinski definition) is 6. The van der Waals surface area contributed by atoms with E-state index in [9.17, 15) is 22.8 Å². The number of nitrogens with one attached hydrogen (secondary N) is 2. The van der Waals surface area contributed by atoms with Crippen LogP contribution in [0.25, 0.3) is 0 Å². The third-order valence-corrected chi connectivity index (χ3v) is 5.21. The summed E-state index contributed by atoms with van der Waals surface area (Å²) in [6.07, 6.45) is -2.63. The molecule has 2 aromatic heterocycles. The van der Waals surface area contributed by atoms with E-state index in [1.807, 2.05) is 0 Å². The van der Waals surface area contributed by atoms with E-state index in [1.165, 1.54) is 6.20 Å². The Morgan fingerprint density at radius 2 is 1.81 bits per heavy atom. The summed E-state index contributed by atoms with van der Waals surface area (Å²) in [7, 11) is 0. The van der Waals surface area contributed by atoms with Gasteiger partial charge in [-0.05, 0) is 25.1 Å². The second-order valence-corrected chi connectivity index (χ2v) is 7.47. The first kappa shape index (κ1) is 22.4. The van der Waals surface area contributed by atoms with Gasteiger partial charge in [0, 0.05) is 11.8 Å². The zero-order chi connectivity index (χ0) is 22.6. The van der Waals surface area contributed by atoms with Gasteiger partial charge in [-0.15, -0.1) is 11.3 Å². The molecule has 2 N–H and O–H groups in total. The molecule has 0 saturated heterocycles. The summed E-state index contributed by atoms with van der Waals surface area (Å²) in [5, 5.41) is 6.00. The van der Waals surface area contributed by atoms with Gasteiger partial charge in [-0.1, -0.05) is 29.8 Å². The van der Waals surface area contributed by atoms with Crippen LogP contribution in [0.4, 0.5) is 19.0 Å². The summed E-state index contributed by atoms with van der Waals surface area (Å²) in [5.41, 5.74) is 2.05. The smallest absolute Gasteiger partial charge is 0.306 e. The minimum atomic E-state index is -4.69. The number of alkyl halides is 3. The first-order valence-electron chi connectivity index (χ1n) is 8.55. The summed E-state index contributed by atoms with van der Waals surface area (Å²) in [5.74, 6) is -1.42. The van der Waals surface area contributed by atoms with Crippen LogP contribution in [0.15, 0.2) is 53.9 Å². The number of carbonyl (C=O) groups excluding carboxylic acids is 2. The first-order chi connectivity index (χ1) is 14.6. The molecule has 0 aliphatic rings. The molecule has 0 aliphatic carbocycles. The lowest BCUT2D eigenvalue weighted by Crippen LogP contribution is -2.19. The number of carbonyl (C=O) groups is 2. The second kappa shape index (κ2) is 9.23. The van der Waals surface area contributed by atoms with Crippen molar-refractivity contribution in [3.63, 3.8) is 0 Å². The quantitative estimate of drug-likeness (QED) is 0.423. The van der Waals surface area contributed by atoms with Gasteiger partial charge in [0.25, 0.3) is 11.8 Å². The highest BCUT2D eigenvalue weighted by atomic mass is 35.5. The molecule has 2 amide bonds. The zero-order valence-corrected chi connectivity index (χ0v) is 17.3. The van der Waals surface area contributed by atoms with Gasteiger partial charge in [-0.3, -0.25) is 9.59 Å². The van der Waals surface area contributed by atoms with Gasteiger partial charge in [0.15, 0.2) is 0 Å². The van der Waals surface area contributed by atoms with Gasteiger partial charge in [0.1, 0.15) is 15.7 Å². The highest BCUT2D eigenvalue weighted by Crippen LogP contribution is 2.35. The van der Waals surface area contributed by atoms with E-state index in [-0.39, 0.29) is 10.7 Å². The van der Waals surface area contributed by atoms with Crippen LogP contribution in [0.2, 0.25) is 5.02 Å². The minimum absolute atomic E-state index is 0.115. The molecule has 12 heteroatoms. The number of hydrazone groups is 1. The molecule has 3 rings (SSSR count). The molecule has 0 fully saturated rings. The maximum Gasteiger partial charge on any atom is 0.418 e. The normalized spacial score (nSPS) is 11.8. The van der Waals surface area contributed by atoms with Crippen LogP contribution < -0.4 is 10.7 Å². The van der Waals surface area contributed by atoms with Crippen molar-refractivity contribution in [2.45, 2.75) is 13.1 Å². The Morgan fingerprint density at radius 1 is 1.10 bits per heavy atom. The van der Waals surface area contributed by atoms with Crippen molar-refractivity contribution >= 4 is 46.3 Å². The Kier molecular flexibility index (Phi) is 6.66. The fraction of sp³-hybridized carbons (Fsp3) is 0.105. The van der Waals surface area contributed by atoms with Gasteiger partial charge in [0.05, 0.1) is 22.5 Å². The van der Waals surface area contributed by atoms with Gasteiger partial charge in [0.2, 0.25) is 0 Å². The summed E-state index contributed by atoms with van der Waals surface area (Å²) in [4.78, 5) is 32.2. The lowest BCUT2D eigenvalue weighted by atomic mass is 10.2. The van der Waals surface area contributed by atoms with Crippen molar-refractivity contribution in [3.05, 3.63) is 74.8 Å². The van der Waals surface area contributed by atoms with Crippen molar-refractivity contribution in [2.75, 3.05) is 5.32 Å². The Bertz CT molecular complexity index is 1150. The first-order valence-corrected chi connectivity index (χ1v) is 9.74. The van der Waals surface area contributed by atoms with Crippen LogP contribution in [0, 0.1) is 0 Å². The summed E-state index contributed by atoms with van der Waals surface area (Å²) in [6.45, 7) is 1.59. The molecular weight excluding hydrogens is 455 g/mol.